The molecule has 0 radical (unpaired) electrons. The SMILES string of the molecule is CC1CCCCC1OCC(=O)NC(CC(F)F)C(=O)O. The lowest BCUT2D eigenvalue weighted by Crippen LogP contribution is -2.44. The number of carboxylic acid groups (broad SMARTS) is 1. The van der Waals surface area contributed by atoms with Crippen molar-refractivity contribution in [2.24, 2.45) is 5.92 Å². The van der Waals surface area contributed by atoms with Crippen LogP contribution in [0.5, 0.6) is 0 Å². The number of hydrogen-bond acceptors (Lipinski definition) is 3. The number of aliphatic carboxylic acids is 1. The molecule has 3 atom stereocenters. The van der Waals surface area contributed by atoms with Crippen LogP contribution < -0.4 is 5.32 Å². The summed E-state index contributed by atoms with van der Waals surface area (Å²) in [6, 6.07) is -1.57. The molecule has 0 aliphatic heterocycles. The molecule has 1 aliphatic carbocycles. The van der Waals surface area contributed by atoms with Crippen molar-refractivity contribution in [3.63, 3.8) is 0 Å². The van der Waals surface area contributed by atoms with Crippen LogP contribution in [-0.4, -0.2) is 42.2 Å². The Balaban J connectivity index is 2.35. The van der Waals surface area contributed by atoms with Gasteiger partial charge >= 0.3 is 5.97 Å². The van der Waals surface area contributed by atoms with Gasteiger partial charge in [0, 0.05) is 6.42 Å². The van der Waals surface area contributed by atoms with Crippen LogP contribution in [0.1, 0.15) is 39.0 Å². The number of ether oxygens (including phenoxy) is 1. The average molecular weight is 293 g/mol. The predicted octanol–water partition coefficient (Wildman–Crippen LogP) is 1.81. The van der Waals surface area contributed by atoms with Gasteiger partial charge in [0.05, 0.1) is 6.10 Å². The van der Waals surface area contributed by atoms with Crippen molar-refractivity contribution >= 4 is 11.9 Å². The van der Waals surface area contributed by atoms with Crippen molar-refractivity contribution < 1.29 is 28.2 Å². The molecule has 116 valence electrons. The largest absolute Gasteiger partial charge is 0.480 e. The highest BCUT2D eigenvalue weighted by Gasteiger charge is 2.26. The third kappa shape index (κ3) is 5.81. The average Bonchev–Trinajstić information content (AvgIpc) is 2.36. The molecule has 1 aliphatic rings. The zero-order valence-corrected chi connectivity index (χ0v) is 11.5. The Kier molecular flexibility index (Phi) is 6.84. The maximum absolute atomic E-state index is 12.2. The zero-order valence-electron chi connectivity index (χ0n) is 11.5. The lowest BCUT2D eigenvalue weighted by atomic mass is 9.88. The molecule has 1 amide bonds. The van der Waals surface area contributed by atoms with E-state index in [-0.39, 0.29) is 12.7 Å². The van der Waals surface area contributed by atoms with Crippen molar-refractivity contribution in [3.05, 3.63) is 0 Å². The van der Waals surface area contributed by atoms with Gasteiger partial charge in [-0.3, -0.25) is 4.79 Å². The second-order valence-electron chi connectivity index (χ2n) is 5.20. The topological polar surface area (TPSA) is 75.6 Å². The molecule has 0 aromatic rings. The fourth-order valence-electron chi connectivity index (χ4n) is 2.35. The minimum absolute atomic E-state index is 0.0205. The molecule has 0 heterocycles. The number of carbonyl (C=O) groups is 2. The van der Waals surface area contributed by atoms with E-state index in [9.17, 15) is 18.4 Å². The van der Waals surface area contributed by atoms with Crippen molar-refractivity contribution in [2.45, 2.75) is 57.6 Å². The predicted molar refractivity (Wildman–Crippen MR) is 67.6 cm³/mol. The molecule has 5 nitrogen and oxygen atoms in total. The van der Waals surface area contributed by atoms with E-state index < -0.39 is 30.8 Å². The van der Waals surface area contributed by atoms with Gasteiger partial charge in [-0.2, -0.15) is 0 Å². The van der Waals surface area contributed by atoms with Gasteiger partial charge in [-0.1, -0.05) is 19.8 Å². The van der Waals surface area contributed by atoms with E-state index in [0.29, 0.717) is 5.92 Å². The monoisotopic (exact) mass is 293 g/mol. The summed E-state index contributed by atoms with van der Waals surface area (Å²) in [6.45, 7) is 1.75. The van der Waals surface area contributed by atoms with E-state index in [0.717, 1.165) is 25.7 Å². The van der Waals surface area contributed by atoms with Crippen molar-refractivity contribution in [1.29, 1.82) is 0 Å². The van der Waals surface area contributed by atoms with Crippen LogP contribution in [0.4, 0.5) is 8.78 Å². The molecule has 0 bridgehead atoms. The number of carbonyl (C=O) groups excluding carboxylic acids is 1. The summed E-state index contributed by atoms with van der Waals surface area (Å²) in [5.74, 6) is -1.78. The Hall–Kier alpha value is -1.24. The van der Waals surface area contributed by atoms with Crippen molar-refractivity contribution in [3.8, 4) is 0 Å². The number of hydrogen-bond donors (Lipinski definition) is 2. The van der Waals surface area contributed by atoms with Gasteiger partial charge in [-0.25, -0.2) is 13.6 Å². The van der Waals surface area contributed by atoms with Crippen LogP contribution in [0.2, 0.25) is 0 Å². The van der Waals surface area contributed by atoms with Crippen LogP contribution in [0.15, 0.2) is 0 Å². The van der Waals surface area contributed by atoms with Gasteiger partial charge in [0.1, 0.15) is 12.6 Å². The number of alkyl halides is 2. The third-order valence-electron chi connectivity index (χ3n) is 3.51. The molecule has 3 unspecified atom stereocenters. The van der Waals surface area contributed by atoms with Crippen LogP contribution in [0, 0.1) is 5.92 Å². The molecule has 1 saturated carbocycles. The van der Waals surface area contributed by atoms with E-state index in [2.05, 4.69) is 5.32 Å². The van der Waals surface area contributed by atoms with E-state index in [1.54, 1.807) is 0 Å². The molecule has 0 aromatic heterocycles. The van der Waals surface area contributed by atoms with E-state index in [1.165, 1.54) is 0 Å². The number of amides is 1. The van der Waals surface area contributed by atoms with Crippen molar-refractivity contribution in [2.75, 3.05) is 6.61 Å². The maximum Gasteiger partial charge on any atom is 0.326 e. The van der Waals surface area contributed by atoms with Gasteiger partial charge in [-0.05, 0) is 18.8 Å². The maximum atomic E-state index is 12.2. The van der Waals surface area contributed by atoms with E-state index in [1.807, 2.05) is 6.92 Å². The summed E-state index contributed by atoms with van der Waals surface area (Å²) < 4.78 is 29.8. The zero-order chi connectivity index (χ0) is 15.1. The molecule has 1 fully saturated rings. The lowest BCUT2D eigenvalue weighted by Gasteiger charge is -2.28. The molecule has 0 saturated heterocycles. The number of halogens is 2. The summed E-state index contributed by atoms with van der Waals surface area (Å²) in [6.07, 6.45) is 0.385. The Labute approximate surface area is 116 Å². The minimum atomic E-state index is -2.78. The van der Waals surface area contributed by atoms with Crippen LogP contribution in [-0.2, 0) is 14.3 Å². The fraction of sp³-hybridized carbons (Fsp3) is 0.846. The van der Waals surface area contributed by atoms with E-state index in [4.69, 9.17) is 9.84 Å². The number of nitrogens with one attached hydrogen (secondary N) is 1. The summed E-state index contributed by atoms with van der Waals surface area (Å²) in [5, 5.41) is 10.8. The second kappa shape index (κ2) is 8.14. The molecule has 20 heavy (non-hydrogen) atoms. The minimum Gasteiger partial charge on any atom is -0.480 e. The third-order valence-corrected chi connectivity index (χ3v) is 3.51. The summed E-state index contributed by atoms with van der Waals surface area (Å²) >= 11 is 0. The summed E-state index contributed by atoms with van der Waals surface area (Å²) in [4.78, 5) is 22.3. The molecule has 1 rings (SSSR count). The van der Waals surface area contributed by atoms with Crippen LogP contribution >= 0.6 is 0 Å². The summed E-state index contributed by atoms with van der Waals surface area (Å²) in [5.41, 5.74) is 0. The molecule has 0 aromatic carbocycles. The fourth-order valence-corrected chi connectivity index (χ4v) is 2.35. The second-order valence-corrected chi connectivity index (χ2v) is 5.20. The highest BCUT2D eigenvalue weighted by molar-refractivity contribution is 5.84. The van der Waals surface area contributed by atoms with E-state index >= 15 is 0 Å². The summed E-state index contributed by atoms with van der Waals surface area (Å²) in [7, 11) is 0. The standard InChI is InChI=1S/C13H21F2NO4/c1-8-4-2-3-5-10(8)20-7-12(17)16-9(13(18)19)6-11(14)15/h8-11H,2-7H2,1H3,(H,16,17)(H,18,19). The number of rotatable bonds is 7. The Bertz CT molecular complexity index is 338. The lowest BCUT2D eigenvalue weighted by molar-refractivity contribution is -0.144. The molecule has 7 heteroatoms. The van der Waals surface area contributed by atoms with Crippen LogP contribution in [0.3, 0.4) is 0 Å². The molecular formula is C13H21F2NO4. The Morgan fingerprint density at radius 3 is 2.55 bits per heavy atom. The first-order valence-corrected chi connectivity index (χ1v) is 6.82. The van der Waals surface area contributed by atoms with Crippen molar-refractivity contribution in [1.82, 2.24) is 5.32 Å². The molecular weight excluding hydrogens is 272 g/mol. The van der Waals surface area contributed by atoms with Gasteiger partial charge in [0.25, 0.3) is 0 Å². The molecule has 2 N–H and O–H groups in total. The normalized spacial score (nSPS) is 24.4. The molecule has 0 spiro atoms. The first kappa shape index (κ1) is 16.8. The smallest absolute Gasteiger partial charge is 0.326 e. The first-order valence-electron chi connectivity index (χ1n) is 6.82. The highest BCUT2D eigenvalue weighted by atomic mass is 19.3. The highest BCUT2D eigenvalue weighted by Crippen LogP contribution is 2.26. The Morgan fingerprint density at radius 1 is 1.35 bits per heavy atom. The van der Waals surface area contributed by atoms with Crippen LogP contribution in [0.25, 0.3) is 0 Å². The van der Waals surface area contributed by atoms with Gasteiger partial charge in [0.2, 0.25) is 12.3 Å². The Morgan fingerprint density at radius 2 is 2.00 bits per heavy atom. The number of carboxylic acids is 1. The van der Waals surface area contributed by atoms with Gasteiger partial charge < -0.3 is 15.2 Å². The first-order chi connectivity index (χ1) is 9.40. The van der Waals surface area contributed by atoms with Gasteiger partial charge in [-0.15, -0.1) is 0 Å². The quantitative estimate of drug-likeness (QED) is 0.750. The van der Waals surface area contributed by atoms with Gasteiger partial charge in [0.15, 0.2) is 0 Å².